The Balaban J connectivity index is 2.33. The smallest absolute Gasteiger partial charge is 0.0575 e. The first-order valence-corrected chi connectivity index (χ1v) is 6.93. The van der Waals surface area contributed by atoms with E-state index in [0.717, 1.165) is 12.1 Å². The number of hydrogen-bond acceptors (Lipinski definition) is 2. The zero-order chi connectivity index (χ0) is 13.7. The van der Waals surface area contributed by atoms with Crippen LogP contribution in [-0.2, 0) is 6.42 Å². The highest BCUT2D eigenvalue weighted by molar-refractivity contribution is 5.34. The van der Waals surface area contributed by atoms with Gasteiger partial charge >= 0.3 is 0 Å². The molecule has 2 nitrogen and oxygen atoms in total. The van der Waals surface area contributed by atoms with Crippen molar-refractivity contribution in [2.45, 2.75) is 32.7 Å². The van der Waals surface area contributed by atoms with Gasteiger partial charge in [0.1, 0.15) is 0 Å². The third kappa shape index (κ3) is 3.42. The summed E-state index contributed by atoms with van der Waals surface area (Å²) in [6.07, 6.45) is 4.20. The van der Waals surface area contributed by atoms with Gasteiger partial charge in [0.15, 0.2) is 0 Å². The lowest BCUT2D eigenvalue weighted by atomic mass is 9.96. The fourth-order valence-electron chi connectivity index (χ4n) is 2.49. The Hall–Kier alpha value is -1.67. The molecular weight excluding hydrogens is 232 g/mol. The van der Waals surface area contributed by atoms with E-state index in [2.05, 4.69) is 53.6 Å². The molecule has 0 saturated carbocycles. The lowest BCUT2D eigenvalue weighted by molar-refractivity contribution is 0.688. The Morgan fingerprint density at radius 2 is 1.95 bits per heavy atom. The molecule has 0 bridgehead atoms. The largest absolute Gasteiger partial charge is 0.309 e. The topological polar surface area (TPSA) is 24.9 Å². The van der Waals surface area contributed by atoms with E-state index in [1.165, 1.54) is 23.1 Å². The number of aryl methyl sites for hydroxylation is 2. The van der Waals surface area contributed by atoms with Crippen molar-refractivity contribution in [1.29, 1.82) is 0 Å². The number of hydrogen-bond donors (Lipinski definition) is 1. The second-order valence-electron chi connectivity index (χ2n) is 4.95. The van der Waals surface area contributed by atoms with Crippen LogP contribution in [0.1, 0.15) is 41.8 Å². The Bertz CT molecular complexity index is 534. The van der Waals surface area contributed by atoms with E-state index >= 15 is 0 Å². The highest BCUT2D eigenvalue weighted by Gasteiger charge is 2.12. The fourth-order valence-corrected chi connectivity index (χ4v) is 2.49. The summed E-state index contributed by atoms with van der Waals surface area (Å²) in [6, 6.07) is 13.3. The van der Waals surface area contributed by atoms with Gasteiger partial charge in [-0.25, -0.2) is 0 Å². The summed E-state index contributed by atoms with van der Waals surface area (Å²) in [7, 11) is 2.01. The van der Waals surface area contributed by atoms with Crippen molar-refractivity contribution in [3.05, 3.63) is 65.0 Å². The minimum atomic E-state index is 0.235. The molecule has 19 heavy (non-hydrogen) atoms. The zero-order valence-corrected chi connectivity index (χ0v) is 12.0. The molecule has 1 aromatic carbocycles. The second-order valence-corrected chi connectivity index (χ2v) is 4.95. The molecule has 0 aliphatic heterocycles. The first-order chi connectivity index (χ1) is 9.24. The molecule has 0 amide bonds. The van der Waals surface area contributed by atoms with E-state index in [0.29, 0.717) is 0 Å². The first-order valence-electron chi connectivity index (χ1n) is 6.93. The van der Waals surface area contributed by atoms with Crippen molar-refractivity contribution in [1.82, 2.24) is 10.3 Å². The number of aromatic nitrogens is 1. The van der Waals surface area contributed by atoms with Crippen LogP contribution in [0.15, 0.2) is 42.6 Å². The molecule has 0 radical (unpaired) electrons. The summed E-state index contributed by atoms with van der Waals surface area (Å²) in [5, 5.41) is 3.40. The molecule has 1 unspecified atom stereocenters. The van der Waals surface area contributed by atoms with Crippen LogP contribution in [0.5, 0.6) is 0 Å². The van der Waals surface area contributed by atoms with Gasteiger partial charge in [-0.1, -0.05) is 37.6 Å². The van der Waals surface area contributed by atoms with E-state index in [9.17, 15) is 0 Å². The third-order valence-electron chi connectivity index (χ3n) is 3.37. The molecule has 1 heterocycles. The highest BCUT2D eigenvalue weighted by atomic mass is 14.9. The maximum Gasteiger partial charge on any atom is 0.0575 e. The maximum absolute atomic E-state index is 4.27. The SMILES string of the molecule is CCCc1cccc(C(NC)c2ccnc(C)c2)c1. The quantitative estimate of drug-likeness (QED) is 0.881. The molecule has 2 heteroatoms. The zero-order valence-electron chi connectivity index (χ0n) is 12.0. The molecule has 0 aliphatic carbocycles. The van der Waals surface area contributed by atoms with Crippen molar-refractivity contribution < 1.29 is 0 Å². The molecule has 100 valence electrons. The predicted molar refractivity (Wildman–Crippen MR) is 80.3 cm³/mol. The molecule has 0 saturated heterocycles. The fraction of sp³-hybridized carbons (Fsp3) is 0.353. The van der Waals surface area contributed by atoms with E-state index in [1.807, 2.05) is 20.2 Å². The van der Waals surface area contributed by atoms with Gasteiger partial charge in [-0.3, -0.25) is 4.98 Å². The van der Waals surface area contributed by atoms with E-state index < -0.39 is 0 Å². The standard InChI is InChI=1S/C17H22N2/c1-4-6-14-7-5-8-15(12-14)17(18-3)16-9-10-19-13(2)11-16/h5,7-12,17-18H,4,6H2,1-3H3. The van der Waals surface area contributed by atoms with Gasteiger partial charge in [-0.2, -0.15) is 0 Å². The van der Waals surface area contributed by atoms with Crippen molar-refractivity contribution in [2.24, 2.45) is 0 Å². The molecule has 0 spiro atoms. The number of rotatable bonds is 5. The minimum Gasteiger partial charge on any atom is -0.309 e. The van der Waals surface area contributed by atoms with E-state index in [1.54, 1.807) is 0 Å². The summed E-state index contributed by atoms with van der Waals surface area (Å²) >= 11 is 0. The van der Waals surface area contributed by atoms with Crippen LogP contribution in [0.3, 0.4) is 0 Å². The molecule has 1 N–H and O–H groups in total. The Morgan fingerprint density at radius 3 is 2.63 bits per heavy atom. The van der Waals surface area contributed by atoms with E-state index in [-0.39, 0.29) is 6.04 Å². The van der Waals surface area contributed by atoms with Crippen LogP contribution < -0.4 is 5.32 Å². The Kier molecular flexibility index (Phi) is 4.69. The van der Waals surface area contributed by atoms with Crippen molar-refractivity contribution in [3.63, 3.8) is 0 Å². The van der Waals surface area contributed by atoms with Gasteiger partial charge in [0.25, 0.3) is 0 Å². The van der Waals surface area contributed by atoms with E-state index in [4.69, 9.17) is 0 Å². The second kappa shape index (κ2) is 6.48. The first kappa shape index (κ1) is 13.8. The lowest BCUT2D eigenvalue weighted by Gasteiger charge is -2.18. The third-order valence-corrected chi connectivity index (χ3v) is 3.37. The average molecular weight is 254 g/mol. The minimum absolute atomic E-state index is 0.235. The van der Waals surface area contributed by atoms with Crippen LogP contribution in [-0.4, -0.2) is 12.0 Å². The maximum atomic E-state index is 4.27. The molecule has 0 aliphatic rings. The average Bonchev–Trinajstić information content (AvgIpc) is 2.41. The van der Waals surface area contributed by atoms with Crippen LogP contribution in [0, 0.1) is 6.92 Å². The summed E-state index contributed by atoms with van der Waals surface area (Å²) in [6.45, 7) is 4.25. The number of benzene rings is 1. The van der Waals surface area contributed by atoms with Gasteiger partial charge in [0, 0.05) is 11.9 Å². The Morgan fingerprint density at radius 1 is 1.16 bits per heavy atom. The molecule has 1 aromatic heterocycles. The van der Waals surface area contributed by atoms with Crippen LogP contribution in [0.25, 0.3) is 0 Å². The van der Waals surface area contributed by atoms with Crippen LogP contribution in [0.2, 0.25) is 0 Å². The highest BCUT2D eigenvalue weighted by Crippen LogP contribution is 2.23. The van der Waals surface area contributed by atoms with Crippen LogP contribution in [0.4, 0.5) is 0 Å². The van der Waals surface area contributed by atoms with Crippen molar-refractivity contribution in [3.8, 4) is 0 Å². The molecular formula is C17H22N2. The normalized spacial score (nSPS) is 12.4. The van der Waals surface area contributed by atoms with Gasteiger partial charge in [0.2, 0.25) is 0 Å². The number of pyridine rings is 1. The monoisotopic (exact) mass is 254 g/mol. The van der Waals surface area contributed by atoms with Crippen molar-refractivity contribution >= 4 is 0 Å². The van der Waals surface area contributed by atoms with Gasteiger partial charge in [0.05, 0.1) is 6.04 Å². The van der Waals surface area contributed by atoms with Crippen molar-refractivity contribution in [2.75, 3.05) is 7.05 Å². The van der Waals surface area contributed by atoms with Crippen LogP contribution >= 0.6 is 0 Å². The Labute approximate surface area is 115 Å². The van der Waals surface area contributed by atoms with Gasteiger partial charge < -0.3 is 5.32 Å². The number of nitrogens with one attached hydrogen (secondary N) is 1. The molecule has 0 fully saturated rings. The predicted octanol–water partition coefficient (Wildman–Crippen LogP) is 3.65. The lowest BCUT2D eigenvalue weighted by Crippen LogP contribution is -2.18. The molecule has 2 aromatic rings. The summed E-state index contributed by atoms with van der Waals surface area (Å²) in [5.74, 6) is 0. The summed E-state index contributed by atoms with van der Waals surface area (Å²) in [4.78, 5) is 4.27. The molecule has 1 atom stereocenters. The summed E-state index contributed by atoms with van der Waals surface area (Å²) < 4.78 is 0. The number of nitrogens with zero attached hydrogens (tertiary/aromatic N) is 1. The van der Waals surface area contributed by atoms with Gasteiger partial charge in [-0.05, 0) is 49.2 Å². The molecule has 2 rings (SSSR count). The van der Waals surface area contributed by atoms with Gasteiger partial charge in [-0.15, -0.1) is 0 Å². The summed E-state index contributed by atoms with van der Waals surface area (Å²) in [5.41, 5.74) is 5.05.